The van der Waals surface area contributed by atoms with Crippen LogP contribution in [-0.4, -0.2) is 44.1 Å². The monoisotopic (exact) mass is 416 g/mol. The van der Waals surface area contributed by atoms with Crippen LogP contribution in [0.15, 0.2) is 48.5 Å². The van der Waals surface area contributed by atoms with Crippen molar-refractivity contribution in [2.24, 2.45) is 0 Å². The molecule has 7 nitrogen and oxygen atoms in total. The van der Waals surface area contributed by atoms with E-state index in [-0.39, 0.29) is 12.8 Å². The van der Waals surface area contributed by atoms with Crippen LogP contribution in [0.1, 0.15) is 18.1 Å². The molecule has 0 saturated carbocycles. The molecule has 2 rings (SSSR count). The smallest absolute Gasteiger partial charge is 0.328 e. The van der Waals surface area contributed by atoms with Crippen LogP contribution < -0.4 is 15.4 Å². The Morgan fingerprint density at radius 1 is 0.933 bits per heavy atom. The van der Waals surface area contributed by atoms with Crippen LogP contribution in [0.2, 0.25) is 0 Å². The predicted molar refractivity (Wildman–Crippen MR) is 108 cm³/mol. The lowest BCUT2D eigenvalue weighted by atomic mass is 10.0. The highest BCUT2D eigenvalue weighted by molar-refractivity contribution is 5.90. The first-order valence-corrected chi connectivity index (χ1v) is 9.35. The molecule has 2 aromatic carbocycles. The van der Waals surface area contributed by atoms with E-state index in [1.54, 1.807) is 30.3 Å². The molecule has 8 heteroatoms. The second-order valence-corrected chi connectivity index (χ2v) is 6.73. The Labute approximate surface area is 174 Å². The zero-order valence-corrected chi connectivity index (χ0v) is 17.1. The summed E-state index contributed by atoms with van der Waals surface area (Å²) in [4.78, 5) is 36.7. The molecule has 160 valence electrons. The van der Waals surface area contributed by atoms with Crippen LogP contribution in [0, 0.1) is 5.82 Å². The quantitative estimate of drug-likeness (QED) is 0.608. The fourth-order valence-electron chi connectivity index (χ4n) is 3.00. The first kappa shape index (κ1) is 22.9. The molecule has 0 saturated heterocycles. The van der Waals surface area contributed by atoms with Gasteiger partial charge < -0.3 is 20.1 Å². The zero-order valence-electron chi connectivity index (χ0n) is 17.1. The molecule has 2 atom stereocenters. The van der Waals surface area contributed by atoms with Gasteiger partial charge in [0, 0.05) is 19.8 Å². The first-order chi connectivity index (χ1) is 14.3. The predicted octanol–water partition coefficient (Wildman–Crippen LogP) is 1.78. The van der Waals surface area contributed by atoms with Gasteiger partial charge >= 0.3 is 5.97 Å². The summed E-state index contributed by atoms with van der Waals surface area (Å²) in [5.41, 5.74) is 1.29. The van der Waals surface area contributed by atoms with Crippen molar-refractivity contribution in [2.45, 2.75) is 31.8 Å². The van der Waals surface area contributed by atoms with Crippen LogP contribution in [0.3, 0.4) is 0 Å². The number of nitrogens with one attached hydrogen (secondary N) is 2. The molecule has 0 heterocycles. The molecule has 0 aliphatic rings. The highest BCUT2D eigenvalue weighted by atomic mass is 19.1. The van der Waals surface area contributed by atoms with Gasteiger partial charge in [-0.2, -0.15) is 0 Å². The molecule has 0 spiro atoms. The molecule has 0 unspecified atom stereocenters. The summed E-state index contributed by atoms with van der Waals surface area (Å²) in [6.45, 7) is 1.28. The normalized spacial score (nSPS) is 12.4. The Kier molecular flexibility index (Phi) is 8.34. The van der Waals surface area contributed by atoms with Crippen molar-refractivity contribution in [1.82, 2.24) is 10.6 Å². The summed E-state index contributed by atoms with van der Waals surface area (Å²) < 4.78 is 23.5. The number of hydrogen-bond donors (Lipinski definition) is 2. The van der Waals surface area contributed by atoms with Gasteiger partial charge in [0.1, 0.15) is 23.7 Å². The van der Waals surface area contributed by atoms with Crippen LogP contribution >= 0.6 is 0 Å². The molecule has 0 aliphatic heterocycles. The van der Waals surface area contributed by atoms with Crippen LogP contribution in [-0.2, 0) is 32.0 Å². The van der Waals surface area contributed by atoms with E-state index in [0.717, 1.165) is 5.56 Å². The summed E-state index contributed by atoms with van der Waals surface area (Å²) in [6, 6.07) is 10.9. The molecule has 0 radical (unpaired) electrons. The summed E-state index contributed by atoms with van der Waals surface area (Å²) >= 11 is 0. The van der Waals surface area contributed by atoms with Gasteiger partial charge in [-0.1, -0.05) is 24.3 Å². The van der Waals surface area contributed by atoms with E-state index in [2.05, 4.69) is 10.6 Å². The fourth-order valence-corrected chi connectivity index (χ4v) is 3.00. The Morgan fingerprint density at radius 3 is 2.17 bits per heavy atom. The number of benzene rings is 2. The summed E-state index contributed by atoms with van der Waals surface area (Å²) in [7, 11) is 2.76. The first-order valence-electron chi connectivity index (χ1n) is 9.35. The van der Waals surface area contributed by atoms with Crippen molar-refractivity contribution in [2.75, 3.05) is 14.2 Å². The molecule has 2 amide bonds. The molecule has 0 aromatic heterocycles. The van der Waals surface area contributed by atoms with Gasteiger partial charge in [-0.3, -0.25) is 9.59 Å². The van der Waals surface area contributed by atoms with Crippen molar-refractivity contribution in [3.8, 4) is 5.75 Å². The third-order valence-corrected chi connectivity index (χ3v) is 4.40. The van der Waals surface area contributed by atoms with Crippen molar-refractivity contribution < 1.29 is 28.2 Å². The molecule has 2 N–H and O–H groups in total. The van der Waals surface area contributed by atoms with Crippen molar-refractivity contribution in [3.05, 3.63) is 65.5 Å². The molecule has 2 aromatic rings. The van der Waals surface area contributed by atoms with E-state index in [1.807, 2.05) is 0 Å². The minimum absolute atomic E-state index is 0.0657. The maximum atomic E-state index is 13.5. The maximum Gasteiger partial charge on any atom is 0.328 e. The van der Waals surface area contributed by atoms with Gasteiger partial charge in [0.2, 0.25) is 11.8 Å². The van der Waals surface area contributed by atoms with Crippen molar-refractivity contribution in [3.63, 3.8) is 0 Å². The Bertz CT molecular complexity index is 903. The van der Waals surface area contributed by atoms with Crippen LogP contribution in [0.25, 0.3) is 0 Å². The van der Waals surface area contributed by atoms with E-state index in [9.17, 15) is 18.8 Å². The second kappa shape index (κ2) is 10.9. The number of ether oxygens (including phenoxy) is 2. The number of methoxy groups -OCH3 is 2. The van der Waals surface area contributed by atoms with Gasteiger partial charge in [0.05, 0.1) is 14.2 Å². The van der Waals surface area contributed by atoms with E-state index in [0.29, 0.717) is 11.3 Å². The third kappa shape index (κ3) is 6.88. The summed E-state index contributed by atoms with van der Waals surface area (Å²) in [5, 5.41) is 5.18. The van der Waals surface area contributed by atoms with E-state index in [1.165, 1.54) is 39.3 Å². The molecule has 0 aliphatic carbocycles. The van der Waals surface area contributed by atoms with E-state index >= 15 is 0 Å². The largest absolute Gasteiger partial charge is 0.497 e. The average Bonchev–Trinajstić information content (AvgIpc) is 2.72. The molecule has 0 bridgehead atoms. The number of hydrogen-bond acceptors (Lipinski definition) is 5. The molecule has 30 heavy (non-hydrogen) atoms. The lowest BCUT2D eigenvalue weighted by molar-refractivity contribution is -0.145. The standard InChI is InChI=1S/C22H25FN2O5/c1-14(26)24-19(12-15-6-4-8-17(23)10-15)21(27)25-20(22(28)30-3)13-16-7-5-9-18(11-16)29-2/h4-11,19-20H,12-13H2,1-3H3,(H,24,26)(H,25,27)/t19-,20-/m0/s1. The van der Waals surface area contributed by atoms with E-state index < -0.39 is 35.7 Å². The van der Waals surface area contributed by atoms with Gasteiger partial charge in [-0.05, 0) is 35.4 Å². The Morgan fingerprint density at radius 2 is 1.57 bits per heavy atom. The molecule has 0 fully saturated rings. The third-order valence-electron chi connectivity index (χ3n) is 4.40. The van der Waals surface area contributed by atoms with Gasteiger partial charge in [0.25, 0.3) is 0 Å². The summed E-state index contributed by atoms with van der Waals surface area (Å²) in [5.74, 6) is -1.45. The van der Waals surface area contributed by atoms with Crippen LogP contribution in [0.4, 0.5) is 4.39 Å². The highest BCUT2D eigenvalue weighted by Crippen LogP contribution is 2.15. The van der Waals surface area contributed by atoms with Crippen molar-refractivity contribution >= 4 is 17.8 Å². The molecular weight excluding hydrogens is 391 g/mol. The topological polar surface area (TPSA) is 93.7 Å². The van der Waals surface area contributed by atoms with Gasteiger partial charge in [-0.15, -0.1) is 0 Å². The Balaban J connectivity index is 2.18. The van der Waals surface area contributed by atoms with Crippen LogP contribution in [0.5, 0.6) is 5.75 Å². The lowest BCUT2D eigenvalue weighted by Gasteiger charge is -2.22. The number of carbonyl (C=O) groups excluding carboxylic acids is 3. The lowest BCUT2D eigenvalue weighted by Crippen LogP contribution is -2.53. The molecular formula is C22H25FN2O5. The number of carbonyl (C=O) groups is 3. The average molecular weight is 416 g/mol. The van der Waals surface area contributed by atoms with Crippen molar-refractivity contribution in [1.29, 1.82) is 0 Å². The number of rotatable bonds is 9. The fraction of sp³-hybridized carbons (Fsp3) is 0.318. The van der Waals surface area contributed by atoms with Gasteiger partial charge in [-0.25, -0.2) is 9.18 Å². The zero-order chi connectivity index (χ0) is 22.1. The maximum absolute atomic E-state index is 13.5. The van der Waals surface area contributed by atoms with E-state index in [4.69, 9.17) is 9.47 Å². The highest BCUT2D eigenvalue weighted by Gasteiger charge is 2.27. The minimum atomic E-state index is -0.984. The number of halogens is 1. The summed E-state index contributed by atoms with van der Waals surface area (Å²) in [6.07, 6.45) is 0.235. The minimum Gasteiger partial charge on any atom is -0.497 e. The SMILES string of the molecule is COC(=O)[C@H](Cc1cccc(OC)c1)NC(=O)[C@H](Cc1cccc(F)c1)NC(C)=O. The second-order valence-electron chi connectivity index (χ2n) is 6.73. The van der Waals surface area contributed by atoms with Gasteiger partial charge in [0.15, 0.2) is 0 Å². The number of amides is 2. The Hall–Kier alpha value is -3.42. The number of esters is 1.